The summed E-state index contributed by atoms with van der Waals surface area (Å²) < 4.78 is 201. The van der Waals surface area contributed by atoms with Gasteiger partial charge in [0.05, 0.1) is 12.0 Å². The number of halogens is 15. The summed E-state index contributed by atoms with van der Waals surface area (Å²) in [5, 5.41) is 10.4. The summed E-state index contributed by atoms with van der Waals surface area (Å²) in [6, 6.07) is 4.51. The Balaban J connectivity index is 3.61. The second-order valence-electron chi connectivity index (χ2n) is 8.42. The van der Waals surface area contributed by atoms with Gasteiger partial charge in [0.1, 0.15) is 0 Å². The van der Waals surface area contributed by atoms with Crippen LogP contribution in [0.4, 0.5) is 65.9 Å². The minimum atomic E-state index is -8.35. The molecule has 1 aromatic carbocycles. The van der Waals surface area contributed by atoms with Gasteiger partial charge in [0.25, 0.3) is 0 Å². The smallest absolute Gasteiger partial charge is 0.385 e. The van der Waals surface area contributed by atoms with E-state index >= 15 is 0 Å². The first-order valence-electron chi connectivity index (χ1n) is 9.82. The monoisotopic (exact) mass is 560 g/mol. The third-order valence-corrected chi connectivity index (χ3v) is 5.64. The molecule has 0 aliphatic rings. The van der Waals surface area contributed by atoms with Crippen molar-refractivity contribution in [2.75, 3.05) is 0 Å². The van der Waals surface area contributed by atoms with Crippen molar-refractivity contribution in [3.05, 3.63) is 35.4 Å². The van der Waals surface area contributed by atoms with E-state index in [1.807, 2.05) is 0 Å². The molecule has 1 aromatic rings. The van der Waals surface area contributed by atoms with Crippen LogP contribution >= 0.6 is 0 Å². The quantitative estimate of drug-likeness (QED) is 0.286. The number of aliphatic hydroxyl groups is 1. The molecule has 1 nitrogen and oxygen atoms in total. The van der Waals surface area contributed by atoms with Crippen molar-refractivity contribution in [2.24, 2.45) is 0 Å². The van der Waals surface area contributed by atoms with Crippen LogP contribution in [0.2, 0.25) is 0 Å². The lowest BCUT2D eigenvalue weighted by Gasteiger charge is -2.42. The van der Waals surface area contributed by atoms with Crippen LogP contribution in [-0.2, 0) is 5.60 Å². The fourth-order valence-electron chi connectivity index (χ4n) is 3.27. The summed E-state index contributed by atoms with van der Waals surface area (Å²) in [5.74, 6) is -47.6. The zero-order valence-corrected chi connectivity index (χ0v) is 18.4. The van der Waals surface area contributed by atoms with Crippen LogP contribution in [-0.4, -0.2) is 46.8 Å². The Morgan fingerprint density at radius 3 is 1.47 bits per heavy atom. The summed E-state index contributed by atoms with van der Waals surface area (Å²) in [7, 11) is 0. The molecule has 0 radical (unpaired) electrons. The Hall–Kier alpha value is -1.87. The van der Waals surface area contributed by atoms with Crippen LogP contribution in [0.25, 0.3) is 0 Å². The molecule has 16 heteroatoms. The summed E-state index contributed by atoms with van der Waals surface area (Å²) >= 11 is 0. The Kier molecular flexibility index (Phi) is 8.18. The van der Waals surface area contributed by atoms with Gasteiger partial charge in [-0.3, -0.25) is 0 Å². The standard InChI is InChI=1S/C20H19F15O/c1-4-10(2)11-7-5-6-8-12(11)13(3,36)9-14(21,22)15(23,24)16(25,26)17(27,28)18(29,30)19(31,32)20(33,34)35/h5-8,10,36H,4,9H2,1-3H3. The van der Waals surface area contributed by atoms with E-state index in [1.54, 1.807) is 6.92 Å². The average molecular weight is 560 g/mol. The van der Waals surface area contributed by atoms with Crippen molar-refractivity contribution >= 4 is 0 Å². The molecular weight excluding hydrogens is 541 g/mol. The summed E-state index contributed by atoms with van der Waals surface area (Å²) in [6.07, 6.45) is -10.2. The number of rotatable bonds is 10. The first-order chi connectivity index (χ1) is 15.7. The minimum absolute atomic E-state index is 0.0255. The van der Waals surface area contributed by atoms with Crippen LogP contribution in [0, 0.1) is 0 Å². The van der Waals surface area contributed by atoms with Crippen LogP contribution in [0.15, 0.2) is 24.3 Å². The maximum atomic E-state index is 14.4. The summed E-state index contributed by atoms with van der Waals surface area (Å²) in [6.45, 7) is 3.42. The van der Waals surface area contributed by atoms with E-state index < -0.39 is 65.2 Å². The molecule has 0 saturated carbocycles. The normalized spacial score (nSPS) is 17.6. The lowest BCUT2D eigenvalue weighted by Crippen LogP contribution is -2.72. The largest absolute Gasteiger partial charge is 0.460 e. The predicted molar refractivity (Wildman–Crippen MR) is 95.1 cm³/mol. The van der Waals surface area contributed by atoms with E-state index in [0.29, 0.717) is 6.92 Å². The highest BCUT2D eigenvalue weighted by Gasteiger charge is 2.93. The van der Waals surface area contributed by atoms with Crippen LogP contribution in [0.1, 0.15) is 50.7 Å². The molecule has 0 amide bonds. The molecule has 0 saturated heterocycles. The van der Waals surface area contributed by atoms with Crippen LogP contribution in [0.5, 0.6) is 0 Å². The first kappa shape index (κ1) is 32.2. The van der Waals surface area contributed by atoms with Crippen molar-refractivity contribution in [1.82, 2.24) is 0 Å². The molecular formula is C20H19F15O. The zero-order valence-electron chi connectivity index (χ0n) is 18.4. The van der Waals surface area contributed by atoms with E-state index in [2.05, 4.69) is 0 Å². The lowest BCUT2D eigenvalue weighted by atomic mass is 9.80. The Bertz CT molecular complexity index is 918. The Labute approximate surface area is 194 Å². The van der Waals surface area contributed by atoms with Gasteiger partial charge < -0.3 is 5.11 Å². The number of alkyl halides is 15. The molecule has 2 unspecified atom stereocenters. The topological polar surface area (TPSA) is 20.2 Å². The van der Waals surface area contributed by atoms with E-state index in [-0.39, 0.29) is 12.0 Å². The highest BCUT2D eigenvalue weighted by Crippen LogP contribution is 2.63. The lowest BCUT2D eigenvalue weighted by molar-refractivity contribution is -0.453. The molecule has 0 aliphatic carbocycles. The Morgan fingerprint density at radius 1 is 0.667 bits per heavy atom. The van der Waals surface area contributed by atoms with Crippen molar-refractivity contribution in [3.63, 3.8) is 0 Å². The molecule has 0 heterocycles. The van der Waals surface area contributed by atoms with Gasteiger partial charge in [-0.25, -0.2) is 0 Å². The van der Waals surface area contributed by atoms with E-state index in [0.717, 1.165) is 12.1 Å². The highest BCUT2D eigenvalue weighted by molar-refractivity contribution is 5.35. The van der Waals surface area contributed by atoms with Crippen LogP contribution in [0.3, 0.4) is 0 Å². The van der Waals surface area contributed by atoms with Gasteiger partial charge in [0.2, 0.25) is 0 Å². The van der Waals surface area contributed by atoms with Gasteiger partial charge in [0.15, 0.2) is 0 Å². The van der Waals surface area contributed by atoms with Gasteiger partial charge in [-0.15, -0.1) is 0 Å². The fourth-order valence-corrected chi connectivity index (χ4v) is 3.27. The van der Waals surface area contributed by atoms with Gasteiger partial charge >= 0.3 is 41.7 Å². The molecule has 0 fully saturated rings. The molecule has 0 spiro atoms. The van der Waals surface area contributed by atoms with Crippen LogP contribution < -0.4 is 0 Å². The molecule has 0 aliphatic heterocycles. The number of benzene rings is 1. The number of hydrogen-bond donors (Lipinski definition) is 1. The fraction of sp³-hybridized carbons (Fsp3) is 0.700. The summed E-state index contributed by atoms with van der Waals surface area (Å²) in [5.41, 5.74) is -3.77. The van der Waals surface area contributed by atoms with Gasteiger partial charge in [-0.05, 0) is 30.4 Å². The maximum absolute atomic E-state index is 14.4. The second-order valence-corrected chi connectivity index (χ2v) is 8.42. The SMILES string of the molecule is CCC(C)c1ccccc1C(C)(O)CC(F)(F)C(F)(F)C(F)(F)C(F)(F)C(F)(F)C(F)(F)C(F)(F)F. The van der Waals surface area contributed by atoms with Crippen molar-refractivity contribution in [2.45, 2.75) is 86.8 Å². The van der Waals surface area contributed by atoms with E-state index in [4.69, 9.17) is 0 Å². The van der Waals surface area contributed by atoms with Crippen molar-refractivity contribution in [1.29, 1.82) is 0 Å². The van der Waals surface area contributed by atoms with Gasteiger partial charge in [-0.2, -0.15) is 65.9 Å². The maximum Gasteiger partial charge on any atom is 0.460 e. The Morgan fingerprint density at radius 2 is 1.06 bits per heavy atom. The third-order valence-electron chi connectivity index (χ3n) is 5.64. The molecule has 1 N–H and O–H groups in total. The molecule has 0 bridgehead atoms. The molecule has 210 valence electrons. The zero-order chi connectivity index (χ0) is 29.0. The molecule has 36 heavy (non-hydrogen) atoms. The summed E-state index contributed by atoms with van der Waals surface area (Å²) in [4.78, 5) is 0. The second kappa shape index (κ2) is 9.15. The number of hydrogen-bond acceptors (Lipinski definition) is 1. The van der Waals surface area contributed by atoms with Gasteiger partial charge in [0, 0.05) is 0 Å². The van der Waals surface area contributed by atoms with E-state index in [9.17, 15) is 71.0 Å². The third kappa shape index (κ3) is 4.73. The predicted octanol–water partition coefficient (Wildman–Crippen LogP) is 8.17. The molecule has 2 atom stereocenters. The van der Waals surface area contributed by atoms with E-state index in [1.165, 1.54) is 19.1 Å². The minimum Gasteiger partial charge on any atom is -0.385 e. The highest BCUT2D eigenvalue weighted by atomic mass is 19.4. The van der Waals surface area contributed by atoms with Crippen molar-refractivity contribution < 1.29 is 71.0 Å². The molecule has 0 aromatic heterocycles. The average Bonchev–Trinajstić information content (AvgIpc) is 2.70. The van der Waals surface area contributed by atoms with Crippen molar-refractivity contribution in [3.8, 4) is 0 Å². The van der Waals surface area contributed by atoms with Gasteiger partial charge in [-0.1, -0.05) is 38.1 Å². The first-order valence-corrected chi connectivity index (χ1v) is 9.82. The molecule has 1 rings (SSSR count).